The number of morpholine rings is 1. The van der Waals surface area contributed by atoms with Crippen molar-refractivity contribution in [3.8, 4) is 0 Å². The van der Waals surface area contributed by atoms with Gasteiger partial charge in [0.05, 0.1) is 25.1 Å². The Morgan fingerprint density at radius 2 is 2.18 bits per heavy atom. The molecule has 148 valence electrons. The average Bonchev–Trinajstić information content (AvgIpc) is 3.34. The standard InChI is InChI=1S/C21H26N4OS2/c1-14-4-5-16-17(11-14)28-21-19(16)20(22-12-15-3-2-10-27-15)23-18(24-21)13-25-6-8-26-9-7-25/h2-3,10,14H,4-9,11-13H2,1H3,(H,22,23,24)/p+1/t14-/m0/s1. The molecule has 1 saturated heterocycles. The molecule has 3 aromatic rings. The Bertz CT molecular complexity index is 947. The largest absolute Gasteiger partial charge is 0.370 e. The summed E-state index contributed by atoms with van der Waals surface area (Å²) in [5, 5.41) is 7.06. The number of aryl methyl sites for hydroxylation is 1. The molecule has 1 aliphatic heterocycles. The van der Waals surface area contributed by atoms with E-state index >= 15 is 0 Å². The molecule has 1 fully saturated rings. The van der Waals surface area contributed by atoms with Gasteiger partial charge in [0.15, 0.2) is 5.82 Å². The molecule has 3 aromatic heterocycles. The molecule has 28 heavy (non-hydrogen) atoms. The highest BCUT2D eigenvalue weighted by molar-refractivity contribution is 7.19. The lowest BCUT2D eigenvalue weighted by molar-refractivity contribution is -0.922. The number of nitrogens with one attached hydrogen (secondary N) is 2. The molecule has 5 nitrogen and oxygen atoms in total. The minimum Gasteiger partial charge on any atom is -0.370 e. The molecule has 7 heteroatoms. The molecule has 0 radical (unpaired) electrons. The molecule has 0 spiro atoms. The first-order chi connectivity index (χ1) is 13.8. The maximum absolute atomic E-state index is 5.51. The Labute approximate surface area is 173 Å². The van der Waals surface area contributed by atoms with Crippen LogP contribution >= 0.6 is 22.7 Å². The maximum Gasteiger partial charge on any atom is 0.187 e. The second-order valence-corrected chi connectivity index (χ2v) is 10.1. The predicted molar refractivity (Wildman–Crippen MR) is 115 cm³/mol. The number of thiophene rings is 2. The second kappa shape index (κ2) is 8.06. The van der Waals surface area contributed by atoms with Gasteiger partial charge >= 0.3 is 0 Å². The highest BCUT2D eigenvalue weighted by Crippen LogP contribution is 2.40. The summed E-state index contributed by atoms with van der Waals surface area (Å²) < 4.78 is 5.51. The molecule has 1 atom stereocenters. The van der Waals surface area contributed by atoms with Gasteiger partial charge in [-0.25, -0.2) is 9.97 Å². The monoisotopic (exact) mass is 415 g/mol. The Morgan fingerprint density at radius 3 is 3.00 bits per heavy atom. The van der Waals surface area contributed by atoms with Gasteiger partial charge in [0.2, 0.25) is 0 Å². The number of anilines is 1. The van der Waals surface area contributed by atoms with Crippen molar-refractivity contribution >= 4 is 38.7 Å². The quantitative estimate of drug-likeness (QED) is 0.673. The van der Waals surface area contributed by atoms with E-state index in [0.29, 0.717) is 0 Å². The number of ether oxygens (including phenoxy) is 1. The topological polar surface area (TPSA) is 51.5 Å². The molecular weight excluding hydrogens is 388 g/mol. The normalized spacial score (nSPS) is 20.4. The van der Waals surface area contributed by atoms with Crippen LogP contribution in [0.1, 0.15) is 34.5 Å². The summed E-state index contributed by atoms with van der Waals surface area (Å²) in [7, 11) is 0. The Hall–Kier alpha value is -1.54. The zero-order chi connectivity index (χ0) is 18.9. The third-order valence-corrected chi connectivity index (χ3v) is 7.84. The molecule has 0 amide bonds. The predicted octanol–water partition coefficient (Wildman–Crippen LogP) is 2.90. The average molecular weight is 416 g/mol. The van der Waals surface area contributed by atoms with Crippen molar-refractivity contribution in [3.05, 3.63) is 38.7 Å². The van der Waals surface area contributed by atoms with Gasteiger partial charge in [-0.2, -0.15) is 0 Å². The van der Waals surface area contributed by atoms with E-state index in [0.717, 1.165) is 63.4 Å². The van der Waals surface area contributed by atoms with Gasteiger partial charge in [-0.05, 0) is 42.2 Å². The summed E-state index contributed by atoms with van der Waals surface area (Å²) in [6, 6.07) is 4.29. The van der Waals surface area contributed by atoms with Gasteiger partial charge in [-0.1, -0.05) is 13.0 Å². The van der Waals surface area contributed by atoms with Crippen molar-refractivity contribution in [1.82, 2.24) is 9.97 Å². The Balaban J connectivity index is 1.50. The van der Waals surface area contributed by atoms with Crippen LogP contribution < -0.4 is 10.2 Å². The fourth-order valence-corrected chi connectivity index (χ4v) is 6.28. The number of hydrogen-bond acceptors (Lipinski definition) is 6. The maximum atomic E-state index is 5.51. The molecule has 0 bridgehead atoms. The van der Waals surface area contributed by atoms with Crippen molar-refractivity contribution in [2.45, 2.75) is 39.3 Å². The van der Waals surface area contributed by atoms with Gasteiger partial charge in [-0.3, -0.25) is 0 Å². The second-order valence-electron chi connectivity index (χ2n) is 7.99. The van der Waals surface area contributed by atoms with Crippen molar-refractivity contribution in [3.63, 3.8) is 0 Å². The van der Waals surface area contributed by atoms with Crippen LogP contribution in [0.2, 0.25) is 0 Å². The summed E-state index contributed by atoms with van der Waals surface area (Å²) >= 11 is 3.68. The molecule has 2 aliphatic rings. The highest BCUT2D eigenvalue weighted by Gasteiger charge is 2.25. The van der Waals surface area contributed by atoms with E-state index in [1.54, 1.807) is 11.3 Å². The van der Waals surface area contributed by atoms with E-state index in [4.69, 9.17) is 14.7 Å². The number of hydrogen-bond donors (Lipinski definition) is 2. The lowest BCUT2D eigenvalue weighted by Crippen LogP contribution is -3.12. The van der Waals surface area contributed by atoms with Crippen molar-refractivity contribution in [2.75, 3.05) is 31.6 Å². The number of quaternary nitrogens is 1. The van der Waals surface area contributed by atoms with Gasteiger partial charge in [0.1, 0.15) is 30.3 Å². The first-order valence-electron chi connectivity index (χ1n) is 10.2. The van der Waals surface area contributed by atoms with Gasteiger partial charge < -0.3 is 15.0 Å². The SMILES string of the molecule is C[C@H]1CCc2c(sc3nc(C[NH+]4CCOCC4)nc(NCc4cccs4)c23)C1. The van der Waals surface area contributed by atoms with Crippen molar-refractivity contribution < 1.29 is 9.64 Å². The fraction of sp³-hybridized carbons (Fsp3) is 0.524. The van der Waals surface area contributed by atoms with E-state index in [2.05, 4.69) is 29.8 Å². The number of rotatable bonds is 5. The van der Waals surface area contributed by atoms with Crippen LogP contribution in [0.4, 0.5) is 5.82 Å². The van der Waals surface area contributed by atoms with Crippen LogP contribution in [0.25, 0.3) is 10.2 Å². The fourth-order valence-electron chi connectivity index (χ4n) is 4.24. The zero-order valence-electron chi connectivity index (χ0n) is 16.3. The van der Waals surface area contributed by atoms with Crippen molar-refractivity contribution in [1.29, 1.82) is 0 Å². The van der Waals surface area contributed by atoms with Gasteiger partial charge in [0, 0.05) is 9.75 Å². The molecular formula is C21H27N4OS2+. The van der Waals surface area contributed by atoms with E-state index < -0.39 is 0 Å². The highest BCUT2D eigenvalue weighted by atomic mass is 32.1. The van der Waals surface area contributed by atoms with Crippen LogP contribution in [-0.4, -0.2) is 36.3 Å². The third-order valence-electron chi connectivity index (χ3n) is 5.82. The number of fused-ring (bicyclic) bond motifs is 3. The lowest BCUT2D eigenvalue weighted by Gasteiger charge is -2.23. The van der Waals surface area contributed by atoms with Crippen molar-refractivity contribution in [2.24, 2.45) is 5.92 Å². The van der Waals surface area contributed by atoms with Crippen LogP contribution in [0.15, 0.2) is 17.5 Å². The zero-order valence-corrected chi connectivity index (χ0v) is 17.9. The van der Waals surface area contributed by atoms with Crippen LogP contribution in [-0.2, 0) is 30.7 Å². The number of nitrogens with zero attached hydrogens (tertiary/aromatic N) is 2. The molecule has 0 aromatic carbocycles. The first-order valence-corrected chi connectivity index (χ1v) is 11.9. The first kappa shape index (κ1) is 18.5. The molecule has 4 heterocycles. The summed E-state index contributed by atoms with van der Waals surface area (Å²) in [6.07, 6.45) is 3.61. The van der Waals surface area contributed by atoms with E-state index in [9.17, 15) is 0 Å². The lowest BCUT2D eigenvalue weighted by atomic mass is 9.89. The minimum absolute atomic E-state index is 0.772. The number of aromatic nitrogens is 2. The molecule has 1 aliphatic carbocycles. The van der Waals surface area contributed by atoms with E-state index in [1.165, 1.54) is 43.3 Å². The minimum atomic E-state index is 0.772. The molecule has 2 N–H and O–H groups in total. The smallest absolute Gasteiger partial charge is 0.187 e. The molecule has 0 saturated carbocycles. The van der Waals surface area contributed by atoms with Gasteiger partial charge in [-0.15, -0.1) is 22.7 Å². The summed E-state index contributed by atoms with van der Waals surface area (Å²) in [5.41, 5.74) is 1.50. The summed E-state index contributed by atoms with van der Waals surface area (Å²) in [6.45, 7) is 7.83. The van der Waals surface area contributed by atoms with Crippen LogP contribution in [0.5, 0.6) is 0 Å². The van der Waals surface area contributed by atoms with E-state index in [-0.39, 0.29) is 0 Å². The summed E-state index contributed by atoms with van der Waals surface area (Å²) in [4.78, 5) is 15.6. The molecule has 5 rings (SSSR count). The van der Waals surface area contributed by atoms with Crippen LogP contribution in [0, 0.1) is 5.92 Å². The van der Waals surface area contributed by atoms with Crippen LogP contribution in [0.3, 0.4) is 0 Å². The Morgan fingerprint density at radius 1 is 1.29 bits per heavy atom. The van der Waals surface area contributed by atoms with E-state index in [1.807, 2.05) is 11.3 Å². The van der Waals surface area contributed by atoms with Gasteiger partial charge in [0.25, 0.3) is 0 Å². The third kappa shape index (κ3) is 3.81. The molecule has 0 unspecified atom stereocenters. The summed E-state index contributed by atoms with van der Waals surface area (Å²) in [5.74, 6) is 2.77. The Kier molecular flexibility index (Phi) is 5.32.